The molecule has 1 saturated carbocycles. The highest BCUT2D eigenvalue weighted by Gasteiger charge is 2.43. The molecule has 5 rings (SSSR count). The molecule has 5 aliphatic rings. The molecular weight excluding hydrogens is 537 g/mol. The van der Waals surface area contributed by atoms with E-state index in [0.29, 0.717) is 32.7 Å². The summed E-state index contributed by atoms with van der Waals surface area (Å²) in [4.78, 5) is 35.9. The van der Waals surface area contributed by atoms with Gasteiger partial charge in [-0.1, -0.05) is 19.3 Å². The van der Waals surface area contributed by atoms with Crippen LogP contribution >= 0.6 is 0 Å². The van der Waals surface area contributed by atoms with E-state index in [1.807, 2.05) is 11.8 Å². The molecule has 3 saturated heterocycles. The third-order valence-electron chi connectivity index (χ3n) is 10.8. The van der Waals surface area contributed by atoms with E-state index in [4.69, 9.17) is 16.2 Å². The summed E-state index contributed by atoms with van der Waals surface area (Å²) >= 11 is 0. The van der Waals surface area contributed by atoms with Gasteiger partial charge in [0.2, 0.25) is 11.8 Å². The molecule has 5 unspecified atom stereocenters. The molecule has 42 heavy (non-hydrogen) atoms. The lowest BCUT2D eigenvalue weighted by molar-refractivity contribution is -0.150. The fourth-order valence-corrected chi connectivity index (χ4v) is 8.31. The fourth-order valence-electron chi connectivity index (χ4n) is 8.31. The van der Waals surface area contributed by atoms with Crippen molar-refractivity contribution in [2.45, 2.75) is 114 Å². The average Bonchev–Trinajstić information content (AvgIpc) is 2.96. The molecule has 0 bridgehead atoms. The highest BCUT2D eigenvalue weighted by Crippen LogP contribution is 2.46. The summed E-state index contributed by atoms with van der Waals surface area (Å²) in [6.07, 6.45) is 9.81. The second-order valence-electron chi connectivity index (χ2n) is 13.6. The van der Waals surface area contributed by atoms with Gasteiger partial charge in [0.05, 0.1) is 30.3 Å². The van der Waals surface area contributed by atoms with Crippen LogP contribution in [0.5, 0.6) is 0 Å². The van der Waals surface area contributed by atoms with E-state index in [0.717, 1.165) is 77.4 Å². The maximum Gasteiger partial charge on any atom is 0.228 e. The van der Waals surface area contributed by atoms with Crippen LogP contribution in [0.3, 0.4) is 0 Å². The molecule has 11 heteroatoms. The van der Waals surface area contributed by atoms with Crippen LogP contribution in [0.1, 0.15) is 77.6 Å². The van der Waals surface area contributed by atoms with Crippen LogP contribution in [0.25, 0.3) is 0 Å². The van der Waals surface area contributed by atoms with Crippen molar-refractivity contribution >= 4 is 18.0 Å². The molecule has 2 amide bonds. The van der Waals surface area contributed by atoms with E-state index in [-0.39, 0.29) is 41.3 Å². The SMILES string of the molecule is CCOC1CN(C(=O)C2CCN(C3CCNCC3NC(=O)C(C(N)N)C3CC4(CCCCC4)CCC(F)C=N3)CC2)C1. The second kappa shape index (κ2) is 14.4. The molecule has 1 spiro atoms. The summed E-state index contributed by atoms with van der Waals surface area (Å²) in [5, 5.41) is 6.75. The summed E-state index contributed by atoms with van der Waals surface area (Å²) < 4.78 is 20.3. The first-order chi connectivity index (χ1) is 20.3. The van der Waals surface area contributed by atoms with Crippen molar-refractivity contribution in [1.82, 2.24) is 20.4 Å². The number of ether oxygens (including phenoxy) is 1. The smallest absolute Gasteiger partial charge is 0.228 e. The Morgan fingerprint density at radius 1 is 1.12 bits per heavy atom. The van der Waals surface area contributed by atoms with E-state index < -0.39 is 24.3 Å². The van der Waals surface area contributed by atoms with Gasteiger partial charge < -0.3 is 31.7 Å². The fraction of sp³-hybridized carbons (Fsp3) is 0.903. The predicted octanol–water partition coefficient (Wildman–Crippen LogP) is 1.56. The minimum absolute atomic E-state index is 0.00906. The van der Waals surface area contributed by atoms with E-state index in [2.05, 4.69) is 20.5 Å². The zero-order valence-corrected chi connectivity index (χ0v) is 25.5. The van der Waals surface area contributed by atoms with Gasteiger partial charge in [0, 0.05) is 44.4 Å². The molecule has 5 atom stereocenters. The number of rotatable bonds is 8. The van der Waals surface area contributed by atoms with Crippen molar-refractivity contribution in [3.8, 4) is 0 Å². The number of likely N-dealkylation sites (tertiary alicyclic amines) is 2. The van der Waals surface area contributed by atoms with E-state index in [1.165, 1.54) is 12.6 Å². The van der Waals surface area contributed by atoms with Crippen molar-refractivity contribution in [2.24, 2.45) is 33.7 Å². The summed E-state index contributed by atoms with van der Waals surface area (Å²) in [5.74, 6) is -0.582. The van der Waals surface area contributed by atoms with Crippen molar-refractivity contribution in [3.05, 3.63) is 0 Å². The lowest BCUT2D eigenvalue weighted by atomic mass is 9.65. The first-order valence-electron chi connectivity index (χ1n) is 16.6. The van der Waals surface area contributed by atoms with Crippen molar-refractivity contribution in [2.75, 3.05) is 45.9 Å². The molecular formula is C31H54FN7O3. The van der Waals surface area contributed by atoms with Gasteiger partial charge in [-0.2, -0.15) is 0 Å². The molecule has 6 N–H and O–H groups in total. The molecule has 238 valence electrons. The number of aliphatic imine (C=N–C) groups is 1. The molecule has 0 aromatic rings. The Kier molecular flexibility index (Phi) is 10.9. The first kappa shape index (κ1) is 31.8. The monoisotopic (exact) mass is 591 g/mol. The van der Waals surface area contributed by atoms with Gasteiger partial charge in [-0.05, 0) is 83.3 Å². The Balaban J connectivity index is 1.20. The van der Waals surface area contributed by atoms with Crippen molar-refractivity contribution in [1.29, 1.82) is 0 Å². The van der Waals surface area contributed by atoms with Gasteiger partial charge in [0.25, 0.3) is 0 Å². The normalized spacial score (nSPS) is 32.3. The van der Waals surface area contributed by atoms with Crippen molar-refractivity contribution < 1.29 is 18.7 Å². The van der Waals surface area contributed by atoms with Crippen LogP contribution in [0.2, 0.25) is 0 Å². The van der Waals surface area contributed by atoms with Crippen LogP contribution in [0.15, 0.2) is 4.99 Å². The molecule has 1 aliphatic carbocycles. The molecule has 4 aliphatic heterocycles. The number of amides is 2. The minimum atomic E-state index is -1.10. The largest absolute Gasteiger partial charge is 0.375 e. The summed E-state index contributed by atoms with van der Waals surface area (Å²) in [6, 6.07) is -0.354. The Morgan fingerprint density at radius 2 is 1.86 bits per heavy atom. The average molecular weight is 592 g/mol. The Morgan fingerprint density at radius 3 is 2.55 bits per heavy atom. The molecule has 0 aromatic carbocycles. The topological polar surface area (TPSA) is 138 Å². The highest BCUT2D eigenvalue weighted by atomic mass is 19.1. The summed E-state index contributed by atoms with van der Waals surface area (Å²) in [7, 11) is 0. The maximum atomic E-state index is 14.7. The molecule has 4 fully saturated rings. The van der Waals surface area contributed by atoms with Crippen LogP contribution in [-0.2, 0) is 14.3 Å². The summed E-state index contributed by atoms with van der Waals surface area (Å²) in [5.41, 5.74) is 12.6. The Labute approximate surface area is 250 Å². The summed E-state index contributed by atoms with van der Waals surface area (Å²) in [6.45, 7) is 7.31. The third kappa shape index (κ3) is 7.52. The lowest BCUT2D eigenvalue weighted by Crippen LogP contribution is -2.64. The number of alkyl halides is 1. The molecule has 4 heterocycles. The molecule has 10 nitrogen and oxygen atoms in total. The zero-order valence-electron chi connectivity index (χ0n) is 25.5. The quantitative estimate of drug-likeness (QED) is 0.314. The lowest BCUT2D eigenvalue weighted by Gasteiger charge is -2.46. The van der Waals surface area contributed by atoms with Crippen LogP contribution in [-0.4, -0.2) is 110 Å². The van der Waals surface area contributed by atoms with E-state index in [9.17, 15) is 14.0 Å². The first-order valence-corrected chi connectivity index (χ1v) is 16.6. The number of carbonyl (C=O) groups is 2. The minimum Gasteiger partial charge on any atom is -0.375 e. The maximum absolute atomic E-state index is 14.7. The predicted molar refractivity (Wildman–Crippen MR) is 162 cm³/mol. The number of hydrogen-bond donors (Lipinski definition) is 4. The van der Waals surface area contributed by atoms with Crippen LogP contribution in [0, 0.1) is 17.3 Å². The van der Waals surface area contributed by atoms with E-state index >= 15 is 0 Å². The molecule has 0 aromatic heterocycles. The molecule has 0 radical (unpaired) electrons. The third-order valence-corrected chi connectivity index (χ3v) is 10.8. The standard InChI is InChI=1S/C31H54FN7O3/c1-2-42-23-19-39(20-23)30(41)21-8-14-38(15-9-21)26-7-13-35-18-25(26)37-29(40)27(28(33)34)24-16-31(10-4-3-5-11-31)12-6-22(32)17-36-24/h17,21-28,35H,2-16,18-20,33-34H2,1H3,(H,37,40). The zero-order chi connectivity index (χ0) is 29.7. The van der Waals surface area contributed by atoms with Crippen LogP contribution < -0.4 is 22.1 Å². The van der Waals surface area contributed by atoms with Crippen molar-refractivity contribution in [3.63, 3.8) is 0 Å². The number of nitrogens with zero attached hydrogens (tertiary/aromatic N) is 3. The van der Waals surface area contributed by atoms with Gasteiger partial charge in [-0.25, -0.2) is 4.39 Å². The number of nitrogens with two attached hydrogens (primary N) is 2. The van der Waals surface area contributed by atoms with Gasteiger partial charge in [-0.15, -0.1) is 0 Å². The highest BCUT2D eigenvalue weighted by molar-refractivity contribution is 5.81. The van der Waals surface area contributed by atoms with Crippen LogP contribution in [0.4, 0.5) is 4.39 Å². The number of carbonyl (C=O) groups excluding carboxylic acids is 2. The van der Waals surface area contributed by atoms with Gasteiger partial charge in [0.1, 0.15) is 6.17 Å². The Bertz CT molecular complexity index is 931. The number of hydrogen-bond acceptors (Lipinski definition) is 8. The van der Waals surface area contributed by atoms with Gasteiger partial charge in [-0.3, -0.25) is 19.5 Å². The number of halogens is 1. The Hall–Kier alpha value is -1.66. The number of piperidine rings is 2. The van der Waals surface area contributed by atoms with Gasteiger partial charge in [0.15, 0.2) is 0 Å². The second-order valence-corrected chi connectivity index (χ2v) is 13.6. The number of nitrogens with one attached hydrogen (secondary N) is 2. The van der Waals surface area contributed by atoms with Gasteiger partial charge >= 0.3 is 0 Å². The van der Waals surface area contributed by atoms with E-state index in [1.54, 1.807) is 0 Å².